The number of rotatable bonds is 3. The number of benzene rings is 2. The molecule has 4 N–H and O–H groups in total. The first-order valence-corrected chi connectivity index (χ1v) is 9.08. The highest BCUT2D eigenvalue weighted by molar-refractivity contribution is 6.01. The summed E-state index contributed by atoms with van der Waals surface area (Å²) in [4.78, 5) is 4.38. The minimum atomic E-state index is 0.462. The summed E-state index contributed by atoms with van der Waals surface area (Å²) in [5.41, 5.74) is 15.6. The molecule has 0 radical (unpaired) electrons. The average molecular weight is 367 g/mol. The lowest BCUT2D eigenvalue weighted by atomic mass is 10.0. The topological polar surface area (TPSA) is 82.0 Å². The average Bonchev–Trinajstić information content (AvgIpc) is 3.13. The largest absolute Gasteiger partial charge is 0.456 e. The van der Waals surface area contributed by atoms with Crippen LogP contribution in [0.5, 0.6) is 0 Å². The molecule has 136 valence electrons. The van der Waals surface area contributed by atoms with Gasteiger partial charge in [-0.1, -0.05) is 30.3 Å². The molecule has 0 aliphatic carbocycles. The molecule has 0 spiro atoms. The number of hydrogen-bond acceptors (Lipinski definition) is 4. The number of pyridine rings is 2. The van der Waals surface area contributed by atoms with Gasteiger partial charge >= 0.3 is 0 Å². The van der Waals surface area contributed by atoms with Crippen LogP contribution in [-0.2, 0) is 6.54 Å². The van der Waals surface area contributed by atoms with Gasteiger partial charge in [-0.3, -0.25) is 0 Å². The second-order valence-corrected chi connectivity index (χ2v) is 6.89. The lowest BCUT2D eigenvalue weighted by molar-refractivity contribution is -0.688. The van der Waals surface area contributed by atoms with Crippen LogP contribution in [0.25, 0.3) is 33.1 Å². The normalized spacial score (nSPS) is 11.3. The smallest absolute Gasteiger partial charge is 0.173 e. The van der Waals surface area contributed by atoms with Crippen molar-refractivity contribution < 1.29 is 8.98 Å². The molecule has 0 amide bonds. The summed E-state index contributed by atoms with van der Waals surface area (Å²) in [6.45, 7) is 0.734. The van der Waals surface area contributed by atoms with E-state index < -0.39 is 0 Å². The van der Waals surface area contributed by atoms with E-state index in [-0.39, 0.29) is 0 Å². The van der Waals surface area contributed by atoms with Crippen molar-refractivity contribution in [1.82, 2.24) is 4.98 Å². The fourth-order valence-corrected chi connectivity index (χ4v) is 3.52. The molecule has 5 heteroatoms. The number of nitrogens with zero attached hydrogens (tertiary/aromatic N) is 2. The van der Waals surface area contributed by atoms with Crippen LogP contribution in [0.2, 0.25) is 0 Å². The predicted molar refractivity (Wildman–Crippen MR) is 112 cm³/mol. The summed E-state index contributed by atoms with van der Waals surface area (Å²) in [6, 6.07) is 20.1. The molecule has 3 aromatic heterocycles. The van der Waals surface area contributed by atoms with Gasteiger partial charge in [0.1, 0.15) is 17.2 Å². The molecule has 0 aliphatic heterocycles. The summed E-state index contributed by atoms with van der Waals surface area (Å²) in [6.07, 6.45) is 5.75. The molecular weight excluding hydrogens is 348 g/mol. The van der Waals surface area contributed by atoms with Crippen molar-refractivity contribution in [3.05, 3.63) is 84.8 Å². The SMILES string of the molecule is Nc1cc[n+](Cc2ccc3cnc(N)c(-c4cc5ccccc5o4)c3c2)cc1. The van der Waals surface area contributed by atoms with Gasteiger partial charge in [0.05, 0.1) is 5.56 Å². The highest BCUT2D eigenvalue weighted by Gasteiger charge is 2.15. The van der Waals surface area contributed by atoms with Crippen LogP contribution in [-0.4, -0.2) is 4.98 Å². The number of para-hydroxylation sites is 1. The lowest BCUT2D eigenvalue weighted by Crippen LogP contribution is -2.33. The predicted octanol–water partition coefficient (Wildman–Crippen LogP) is 4.15. The van der Waals surface area contributed by atoms with Gasteiger partial charge in [0.15, 0.2) is 18.9 Å². The number of aromatic nitrogens is 2. The van der Waals surface area contributed by atoms with E-state index in [4.69, 9.17) is 15.9 Å². The van der Waals surface area contributed by atoms with E-state index in [1.807, 2.05) is 54.9 Å². The molecule has 5 aromatic rings. The molecule has 0 fully saturated rings. The van der Waals surface area contributed by atoms with Crippen molar-refractivity contribution in [2.75, 3.05) is 11.5 Å². The van der Waals surface area contributed by atoms with Crippen LogP contribution in [0.1, 0.15) is 5.56 Å². The zero-order chi connectivity index (χ0) is 19.1. The second kappa shape index (κ2) is 6.39. The van der Waals surface area contributed by atoms with Crippen LogP contribution >= 0.6 is 0 Å². The maximum atomic E-state index is 6.27. The van der Waals surface area contributed by atoms with Crippen LogP contribution in [0, 0.1) is 0 Å². The Morgan fingerprint density at radius 3 is 2.54 bits per heavy atom. The second-order valence-electron chi connectivity index (χ2n) is 6.89. The number of furan rings is 1. The van der Waals surface area contributed by atoms with Gasteiger partial charge in [0.25, 0.3) is 0 Å². The Morgan fingerprint density at radius 1 is 0.893 bits per heavy atom. The molecular formula is C23H19N4O+. The first-order valence-electron chi connectivity index (χ1n) is 9.08. The first-order chi connectivity index (χ1) is 13.7. The van der Waals surface area contributed by atoms with E-state index in [0.717, 1.165) is 50.9 Å². The fourth-order valence-electron chi connectivity index (χ4n) is 3.52. The fraction of sp³-hybridized carbons (Fsp3) is 0.0435. The van der Waals surface area contributed by atoms with Crippen LogP contribution in [0.4, 0.5) is 11.5 Å². The van der Waals surface area contributed by atoms with Crippen molar-refractivity contribution in [2.45, 2.75) is 6.54 Å². The Morgan fingerprint density at radius 2 is 1.71 bits per heavy atom. The van der Waals surface area contributed by atoms with E-state index in [1.54, 1.807) is 6.20 Å². The minimum Gasteiger partial charge on any atom is -0.456 e. The van der Waals surface area contributed by atoms with Gasteiger partial charge in [-0.05, 0) is 23.6 Å². The third kappa shape index (κ3) is 2.83. The monoisotopic (exact) mass is 367 g/mol. The Hall–Kier alpha value is -3.86. The molecule has 2 aromatic carbocycles. The standard InChI is InChI=1S/C23H18N4O/c24-18-7-9-27(10-8-18)14-15-5-6-17-13-26-23(25)22(19(17)11-15)21-12-16-3-1-2-4-20(16)28-21/h1-13,24H,14H2,(H2,25,26)/p+1. The van der Waals surface area contributed by atoms with Gasteiger partial charge in [-0.15, -0.1) is 0 Å². The third-order valence-electron chi connectivity index (χ3n) is 4.94. The van der Waals surface area contributed by atoms with Gasteiger partial charge in [0, 0.05) is 40.4 Å². The molecule has 0 unspecified atom stereocenters. The summed E-state index contributed by atoms with van der Waals surface area (Å²) < 4.78 is 8.16. The third-order valence-corrected chi connectivity index (χ3v) is 4.94. The highest BCUT2D eigenvalue weighted by atomic mass is 16.3. The number of nitrogen functional groups attached to an aromatic ring is 2. The van der Waals surface area contributed by atoms with Crippen molar-refractivity contribution in [1.29, 1.82) is 0 Å². The number of nitrogens with two attached hydrogens (primary N) is 2. The van der Waals surface area contributed by atoms with E-state index in [2.05, 4.69) is 27.8 Å². The zero-order valence-electron chi connectivity index (χ0n) is 15.2. The van der Waals surface area contributed by atoms with E-state index >= 15 is 0 Å². The van der Waals surface area contributed by atoms with Crippen LogP contribution in [0.15, 0.2) is 83.7 Å². The van der Waals surface area contributed by atoms with Crippen molar-refractivity contribution in [3.63, 3.8) is 0 Å². The molecule has 3 heterocycles. The Labute approximate surface area is 161 Å². The van der Waals surface area contributed by atoms with E-state index in [0.29, 0.717) is 5.82 Å². The summed E-state index contributed by atoms with van der Waals surface area (Å²) >= 11 is 0. The number of hydrogen-bond donors (Lipinski definition) is 2. The molecule has 0 saturated heterocycles. The number of anilines is 2. The quantitative estimate of drug-likeness (QED) is 0.469. The van der Waals surface area contributed by atoms with Crippen molar-refractivity contribution in [2.24, 2.45) is 0 Å². The minimum absolute atomic E-state index is 0.462. The lowest BCUT2D eigenvalue weighted by Gasteiger charge is -2.08. The van der Waals surface area contributed by atoms with Crippen molar-refractivity contribution in [3.8, 4) is 11.3 Å². The number of fused-ring (bicyclic) bond motifs is 2. The Balaban J connectivity index is 1.65. The molecule has 0 saturated carbocycles. The summed E-state index contributed by atoms with van der Waals surface area (Å²) in [5.74, 6) is 1.19. The van der Waals surface area contributed by atoms with Crippen LogP contribution in [0.3, 0.4) is 0 Å². The molecule has 5 nitrogen and oxygen atoms in total. The first kappa shape index (κ1) is 16.3. The van der Waals surface area contributed by atoms with Gasteiger partial charge in [-0.25, -0.2) is 9.55 Å². The van der Waals surface area contributed by atoms with Gasteiger partial charge in [0.2, 0.25) is 0 Å². The molecule has 28 heavy (non-hydrogen) atoms. The Bertz CT molecular complexity index is 1270. The molecule has 5 rings (SSSR count). The van der Waals surface area contributed by atoms with E-state index in [9.17, 15) is 0 Å². The summed E-state index contributed by atoms with van der Waals surface area (Å²) in [7, 11) is 0. The van der Waals surface area contributed by atoms with Gasteiger partial charge < -0.3 is 15.9 Å². The highest BCUT2D eigenvalue weighted by Crippen LogP contribution is 2.36. The maximum Gasteiger partial charge on any atom is 0.173 e. The van der Waals surface area contributed by atoms with Crippen LogP contribution < -0.4 is 16.0 Å². The van der Waals surface area contributed by atoms with Crippen molar-refractivity contribution >= 4 is 33.2 Å². The molecule has 0 aliphatic rings. The zero-order valence-corrected chi connectivity index (χ0v) is 15.2. The van der Waals surface area contributed by atoms with E-state index in [1.165, 1.54) is 0 Å². The van der Waals surface area contributed by atoms with Gasteiger partial charge in [-0.2, -0.15) is 0 Å². The Kier molecular flexibility index (Phi) is 3.72. The maximum absolute atomic E-state index is 6.27. The summed E-state index contributed by atoms with van der Waals surface area (Å²) in [5, 5.41) is 3.10. The molecule has 0 bridgehead atoms. The molecule has 0 atom stereocenters.